The van der Waals surface area contributed by atoms with Crippen LogP contribution in [0.25, 0.3) is 0 Å². The molecule has 72 valence electrons. The van der Waals surface area contributed by atoms with Crippen LogP contribution in [0.3, 0.4) is 0 Å². The molecule has 1 rings (SSSR count). The van der Waals surface area contributed by atoms with Gasteiger partial charge >= 0.3 is 0 Å². The molecule has 0 amide bonds. The van der Waals surface area contributed by atoms with E-state index in [1.165, 1.54) is 10.6 Å². The lowest BCUT2D eigenvalue weighted by atomic mass is 9.96. The number of piperidine rings is 1. The molecule has 0 radical (unpaired) electrons. The zero-order chi connectivity index (χ0) is 9.35. The Balaban J connectivity index is 2.64. The molecule has 12 heavy (non-hydrogen) atoms. The van der Waals surface area contributed by atoms with Gasteiger partial charge in [-0.3, -0.25) is 0 Å². The number of sulfonamides is 1. The Hall–Kier alpha value is -0.130. The van der Waals surface area contributed by atoms with E-state index < -0.39 is 10.0 Å². The zero-order valence-electron chi connectivity index (χ0n) is 7.53. The second kappa shape index (κ2) is 3.32. The van der Waals surface area contributed by atoms with Crippen molar-refractivity contribution < 1.29 is 8.42 Å². The van der Waals surface area contributed by atoms with Crippen molar-refractivity contribution in [1.82, 2.24) is 4.31 Å². The minimum absolute atomic E-state index is 0.156. The third-order valence-corrected chi connectivity index (χ3v) is 3.67. The fourth-order valence-corrected chi connectivity index (χ4v) is 2.37. The highest BCUT2D eigenvalue weighted by Crippen LogP contribution is 2.16. The summed E-state index contributed by atoms with van der Waals surface area (Å²) in [5.74, 6) is 0.272. The zero-order valence-corrected chi connectivity index (χ0v) is 8.34. The Bertz CT molecular complexity index is 250. The van der Waals surface area contributed by atoms with Crippen LogP contribution in [0.2, 0.25) is 0 Å². The maximum atomic E-state index is 11.1. The van der Waals surface area contributed by atoms with Crippen LogP contribution in [0.1, 0.15) is 13.3 Å². The van der Waals surface area contributed by atoms with Gasteiger partial charge in [-0.1, -0.05) is 6.92 Å². The van der Waals surface area contributed by atoms with Crippen molar-refractivity contribution in [2.24, 2.45) is 11.7 Å². The first-order valence-electron chi connectivity index (χ1n) is 4.12. The molecular weight excluding hydrogens is 176 g/mol. The number of nitrogens with two attached hydrogens (primary N) is 1. The molecule has 2 N–H and O–H groups in total. The standard InChI is InChI=1S/C7H16N2O2S/c1-6-5-9(12(2,10)11)4-3-7(6)8/h6-7H,3-5,8H2,1-2H3/t6-,7-/m1/s1. The molecule has 0 aliphatic carbocycles. The van der Waals surface area contributed by atoms with E-state index in [-0.39, 0.29) is 12.0 Å². The smallest absolute Gasteiger partial charge is 0.211 e. The van der Waals surface area contributed by atoms with Crippen molar-refractivity contribution in [3.05, 3.63) is 0 Å². The summed E-state index contributed by atoms with van der Waals surface area (Å²) in [6.07, 6.45) is 2.02. The average molecular weight is 192 g/mol. The van der Waals surface area contributed by atoms with Crippen LogP contribution in [0.4, 0.5) is 0 Å². The second-order valence-electron chi connectivity index (χ2n) is 3.55. The number of hydrogen-bond donors (Lipinski definition) is 1. The van der Waals surface area contributed by atoms with Crippen molar-refractivity contribution in [3.8, 4) is 0 Å². The van der Waals surface area contributed by atoms with Crippen molar-refractivity contribution in [2.45, 2.75) is 19.4 Å². The molecule has 0 aromatic heterocycles. The first kappa shape index (κ1) is 9.95. The molecule has 1 saturated heterocycles. The van der Waals surface area contributed by atoms with Crippen LogP contribution in [0.5, 0.6) is 0 Å². The van der Waals surface area contributed by atoms with Crippen LogP contribution >= 0.6 is 0 Å². The Labute approximate surface area is 73.8 Å². The minimum atomic E-state index is -3.00. The molecule has 0 aromatic rings. The lowest BCUT2D eigenvalue weighted by Gasteiger charge is -2.33. The molecule has 0 unspecified atom stereocenters. The summed E-state index contributed by atoms with van der Waals surface area (Å²) >= 11 is 0. The molecule has 1 aliphatic heterocycles. The summed E-state index contributed by atoms with van der Waals surface area (Å²) in [6, 6.07) is 0.156. The molecule has 1 heterocycles. The minimum Gasteiger partial charge on any atom is -0.327 e. The molecule has 1 aliphatic rings. The van der Waals surface area contributed by atoms with Crippen molar-refractivity contribution in [1.29, 1.82) is 0 Å². The SMILES string of the molecule is C[C@@H]1CN(S(C)(=O)=O)CC[C@H]1N. The summed E-state index contributed by atoms with van der Waals surface area (Å²) in [5, 5.41) is 0. The van der Waals surface area contributed by atoms with Crippen LogP contribution in [0, 0.1) is 5.92 Å². The van der Waals surface area contributed by atoms with E-state index in [1.54, 1.807) is 0 Å². The Morgan fingerprint density at radius 1 is 1.50 bits per heavy atom. The molecule has 4 nitrogen and oxygen atoms in total. The van der Waals surface area contributed by atoms with E-state index in [0.717, 1.165) is 6.42 Å². The fraction of sp³-hybridized carbons (Fsp3) is 1.00. The van der Waals surface area contributed by atoms with Gasteiger partial charge in [0.05, 0.1) is 6.26 Å². The molecule has 2 atom stereocenters. The molecular formula is C7H16N2O2S. The van der Waals surface area contributed by atoms with Crippen LogP contribution in [-0.2, 0) is 10.0 Å². The van der Waals surface area contributed by atoms with Gasteiger partial charge in [0, 0.05) is 19.1 Å². The molecule has 0 saturated carbocycles. The van der Waals surface area contributed by atoms with Crippen molar-refractivity contribution >= 4 is 10.0 Å². The van der Waals surface area contributed by atoms with Gasteiger partial charge in [-0.25, -0.2) is 12.7 Å². The van der Waals surface area contributed by atoms with Crippen molar-refractivity contribution in [3.63, 3.8) is 0 Å². The van der Waals surface area contributed by atoms with E-state index >= 15 is 0 Å². The predicted octanol–water partition coefficient (Wildman–Crippen LogP) is -0.385. The lowest BCUT2D eigenvalue weighted by Crippen LogP contribution is -2.47. The van der Waals surface area contributed by atoms with E-state index in [0.29, 0.717) is 13.1 Å². The van der Waals surface area contributed by atoms with E-state index in [1.807, 2.05) is 6.92 Å². The van der Waals surface area contributed by atoms with Gasteiger partial charge in [-0.05, 0) is 12.3 Å². The topological polar surface area (TPSA) is 63.4 Å². The lowest BCUT2D eigenvalue weighted by molar-refractivity contribution is 0.251. The quantitative estimate of drug-likeness (QED) is 0.615. The van der Waals surface area contributed by atoms with Crippen molar-refractivity contribution in [2.75, 3.05) is 19.3 Å². The Kier molecular flexibility index (Phi) is 2.75. The maximum Gasteiger partial charge on any atom is 0.211 e. The van der Waals surface area contributed by atoms with Gasteiger partial charge in [0.1, 0.15) is 0 Å². The van der Waals surface area contributed by atoms with E-state index in [4.69, 9.17) is 5.73 Å². The summed E-state index contributed by atoms with van der Waals surface area (Å²) in [7, 11) is -3.00. The molecule has 0 bridgehead atoms. The third-order valence-electron chi connectivity index (χ3n) is 2.40. The maximum absolute atomic E-state index is 11.1. The monoisotopic (exact) mass is 192 g/mol. The van der Waals surface area contributed by atoms with Gasteiger partial charge in [-0.15, -0.1) is 0 Å². The Morgan fingerprint density at radius 2 is 2.08 bits per heavy atom. The number of nitrogens with zero attached hydrogens (tertiary/aromatic N) is 1. The number of rotatable bonds is 1. The predicted molar refractivity (Wildman–Crippen MR) is 48.2 cm³/mol. The average Bonchev–Trinajstić information content (AvgIpc) is 1.92. The van der Waals surface area contributed by atoms with Gasteiger partial charge in [0.25, 0.3) is 0 Å². The molecule has 5 heteroatoms. The summed E-state index contributed by atoms with van der Waals surface area (Å²) in [6.45, 7) is 3.13. The van der Waals surface area contributed by atoms with Gasteiger partial charge in [-0.2, -0.15) is 0 Å². The van der Waals surface area contributed by atoms with E-state index in [9.17, 15) is 8.42 Å². The highest BCUT2D eigenvalue weighted by atomic mass is 32.2. The number of hydrogen-bond acceptors (Lipinski definition) is 3. The normalized spacial score (nSPS) is 33.6. The summed E-state index contributed by atoms with van der Waals surface area (Å²) in [5.41, 5.74) is 5.76. The molecule has 0 spiro atoms. The first-order valence-corrected chi connectivity index (χ1v) is 5.97. The van der Waals surface area contributed by atoms with Crippen LogP contribution in [-0.4, -0.2) is 38.1 Å². The van der Waals surface area contributed by atoms with Crippen LogP contribution in [0.15, 0.2) is 0 Å². The van der Waals surface area contributed by atoms with Gasteiger partial charge < -0.3 is 5.73 Å². The molecule has 1 fully saturated rings. The Morgan fingerprint density at radius 3 is 2.50 bits per heavy atom. The van der Waals surface area contributed by atoms with E-state index in [2.05, 4.69) is 0 Å². The fourth-order valence-electron chi connectivity index (χ4n) is 1.43. The van der Waals surface area contributed by atoms with Gasteiger partial charge in [0.15, 0.2) is 0 Å². The summed E-state index contributed by atoms with van der Waals surface area (Å²) < 4.78 is 23.7. The highest BCUT2D eigenvalue weighted by molar-refractivity contribution is 7.88. The third kappa shape index (κ3) is 2.18. The largest absolute Gasteiger partial charge is 0.327 e. The highest BCUT2D eigenvalue weighted by Gasteiger charge is 2.27. The second-order valence-corrected chi connectivity index (χ2v) is 5.53. The molecule has 0 aromatic carbocycles. The first-order chi connectivity index (χ1) is 5.41. The van der Waals surface area contributed by atoms with Gasteiger partial charge in [0.2, 0.25) is 10.0 Å². The van der Waals surface area contributed by atoms with Crippen LogP contribution < -0.4 is 5.73 Å². The summed E-state index contributed by atoms with van der Waals surface area (Å²) in [4.78, 5) is 0.